The topological polar surface area (TPSA) is 72.9 Å². The molecule has 0 saturated carbocycles. The van der Waals surface area contributed by atoms with Crippen molar-refractivity contribution < 1.29 is 0 Å². The summed E-state index contributed by atoms with van der Waals surface area (Å²) in [5, 5.41) is 12.2. The first kappa shape index (κ1) is 13.5. The minimum Gasteiger partial charge on any atom is -0.365 e. The lowest BCUT2D eigenvalue weighted by Gasteiger charge is -2.12. The monoisotopic (exact) mass is 285 g/mol. The van der Waals surface area contributed by atoms with Gasteiger partial charge in [-0.1, -0.05) is 6.92 Å². The van der Waals surface area contributed by atoms with Gasteiger partial charge < -0.3 is 5.32 Å². The Labute approximate surface area is 123 Å². The minimum absolute atomic E-state index is 0.613. The molecule has 0 fully saturated rings. The van der Waals surface area contributed by atoms with E-state index in [1.807, 2.05) is 31.8 Å². The van der Waals surface area contributed by atoms with E-state index in [-0.39, 0.29) is 0 Å². The van der Waals surface area contributed by atoms with E-state index in [2.05, 4.69) is 32.4 Å². The van der Waals surface area contributed by atoms with Gasteiger partial charge in [-0.2, -0.15) is 19.7 Å². The van der Waals surface area contributed by atoms with Gasteiger partial charge in [0.2, 0.25) is 0 Å². The van der Waals surface area contributed by atoms with Crippen LogP contribution in [0.4, 0.5) is 5.82 Å². The number of hydrogen-bond acceptors (Lipinski definition) is 5. The van der Waals surface area contributed by atoms with Crippen LogP contribution in [-0.4, -0.2) is 29.4 Å². The van der Waals surface area contributed by atoms with Crippen LogP contribution in [0.5, 0.6) is 0 Å². The van der Waals surface area contributed by atoms with Gasteiger partial charge in [-0.3, -0.25) is 4.68 Å². The zero-order valence-corrected chi connectivity index (χ0v) is 12.8. The molecule has 0 saturated heterocycles. The lowest BCUT2D eigenvalue weighted by Crippen LogP contribution is -2.10. The van der Waals surface area contributed by atoms with Crippen molar-refractivity contribution in [3.8, 4) is 0 Å². The van der Waals surface area contributed by atoms with E-state index in [9.17, 15) is 0 Å². The molecule has 0 spiro atoms. The van der Waals surface area contributed by atoms with Gasteiger partial charge in [0.25, 0.3) is 5.78 Å². The Morgan fingerprint density at radius 2 is 2.10 bits per heavy atom. The highest BCUT2D eigenvalue weighted by atomic mass is 15.4. The molecule has 0 aliphatic carbocycles. The molecule has 0 aromatic carbocycles. The summed E-state index contributed by atoms with van der Waals surface area (Å²) in [7, 11) is 1.94. The van der Waals surface area contributed by atoms with Crippen molar-refractivity contribution in [2.75, 3.05) is 5.32 Å². The van der Waals surface area contributed by atoms with Crippen molar-refractivity contribution in [1.29, 1.82) is 0 Å². The summed E-state index contributed by atoms with van der Waals surface area (Å²) in [6.45, 7) is 6.84. The third-order valence-corrected chi connectivity index (χ3v) is 3.68. The van der Waals surface area contributed by atoms with Crippen LogP contribution in [0.25, 0.3) is 5.78 Å². The van der Waals surface area contributed by atoms with Crippen molar-refractivity contribution in [2.45, 2.75) is 33.7 Å². The van der Waals surface area contributed by atoms with E-state index >= 15 is 0 Å². The molecular weight excluding hydrogens is 266 g/mol. The number of aryl methyl sites for hydroxylation is 3. The number of nitrogens with one attached hydrogen (secondary N) is 1. The van der Waals surface area contributed by atoms with Gasteiger partial charge in [0.15, 0.2) is 0 Å². The van der Waals surface area contributed by atoms with Gasteiger partial charge in [-0.05, 0) is 20.3 Å². The molecule has 1 N–H and O–H groups in total. The van der Waals surface area contributed by atoms with Gasteiger partial charge in [-0.25, -0.2) is 4.98 Å². The molecule has 0 bridgehead atoms. The molecule has 110 valence electrons. The molecule has 0 amide bonds. The molecule has 3 aromatic rings. The fourth-order valence-electron chi connectivity index (χ4n) is 2.45. The fraction of sp³-hybridized carbons (Fsp3) is 0.429. The maximum absolute atomic E-state index is 4.46. The van der Waals surface area contributed by atoms with E-state index in [1.165, 1.54) is 11.9 Å². The van der Waals surface area contributed by atoms with E-state index in [0.29, 0.717) is 12.3 Å². The van der Waals surface area contributed by atoms with Gasteiger partial charge in [-0.15, -0.1) is 0 Å². The van der Waals surface area contributed by atoms with Crippen LogP contribution in [0.15, 0.2) is 12.5 Å². The zero-order chi connectivity index (χ0) is 15.0. The Morgan fingerprint density at radius 3 is 2.86 bits per heavy atom. The number of fused-ring (bicyclic) bond motifs is 1. The summed E-state index contributed by atoms with van der Waals surface area (Å²) < 4.78 is 3.59. The predicted octanol–water partition coefficient (Wildman–Crippen LogP) is 1.65. The smallest absolute Gasteiger partial charge is 0.254 e. The molecule has 21 heavy (non-hydrogen) atoms. The van der Waals surface area contributed by atoms with Crippen LogP contribution in [-0.2, 0) is 20.0 Å². The molecule has 3 heterocycles. The molecule has 7 heteroatoms. The van der Waals surface area contributed by atoms with Gasteiger partial charge in [0, 0.05) is 36.6 Å². The van der Waals surface area contributed by atoms with E-state index in [1.54, 1.807) is 4.52 Å². The second kappa shape index (κ2) is 5.16. The van der Waals surface area contributed by atoms with Crippen LogP contribution >= 0.6 is 0 Å². The van der Waals surface area contributed by atoms with E-state index in [0.717, 1.165) is 29.2 Å². The number of anilines is 1. The lowest BCUT2D eigenvalue weighted by molar-refractivity contribution is 0.746. The van der Waals surface area contributed by atoms with Crippen molar-refractivity contribution in [2.24, 2.45) is 7.05 Å². The maximum Gasteiger partial charge on any atom is 0.254 e. The van der Waals surface area contributed by atoms with E-state index in [4.69, 9.17) is 0 Å². The summed E-state index contributed by atoms with van der Waals surface area (Å²) >= 11 is 0. The van der Waals surface area contributed by atoms with E-state index < -0.39 is 0 Å². The highest BCUT2D eigenvalue weighted by molar-refractivity contribution is 5.52. The zero-order valence-electron chi connectivity index (χ0n) is 12.8. The van der Waals surface area contributed by atoms with Crippen molar-refractivity contribution >= 4 is 11.6 Å². The summed E-state index contributed by atoms with van der Waals surface area (Å²) in [6.07, 6.45) is 4.49. The summed E-state index contributed by atoms with van der Waals surface area (Å²) in [5.41, 5.74) is 4.35. The summed E-state index contributed by atoms with van der Waals surface area (Å²) in [5.74, 6) is 1.54. The average molecular weight is 285 g/mol. The van der Waals surface area contributed by atoms with Crippen LogP contribution in [0.1, 0.15) is 29.4 Å². The number of hydrogen-bond donors (Lipinski definition) is 1. The van der Waals surface area contributed by atoms with Crippen LogP contribution in [0.2, 0.25) is 0 Å². The maximum atomic E-state index is 4.46. The third kappa shape index (κ3) is 2.35. The van der Waals surface area contributed by atoms with Crippen molar-refractivity contribution in [3.05, 3.63) is 35.0 Å². The highest BCUT2D eigenvalue weighted by Crippen LogP contribution is 2.19. The van der Waals surface area contributed by atoms with Crippen molar-refractivity contribution in [3.63, 3.8) is 0 Å². The molecule has 0 atom stereocenters. The Hall–Kier alpha value is -2.44. The Balaban J connectivity index is 1.94. The van der Waals surface area contributed by atoms with Gasteiger partial charge in [0.1, 0.15) is 12.1 Å². The second-order valence-electron chi connectivity index (χ2n) is 5.12. The minimum atomic E-state index is 0.613. The fourth-order valence-corrected chi connectivity index (χ4v) is 2.45. The van der Waals surface area contributed by atoms with Crippen molar-refractivity contribution in [1.82, 2.24) is 29.4 Å². The first-order valence-electron chi connectivity index (χ1n) is 7.02. The number of aromatic nitrogens is 6. The molecule has 0 aliphatic heterocycles. The molecular formula is C14H19N7. The Kier molecular flexibility index (Phi) is 3.32. The number of rotatable bonds is 4. The molecule has 3 aromatic heterocycles. The SMILES string of the molecule is CCc1nn(C)cc1CNc1c(C)c(C)nc2ncnn12. The van der Waals surface area contributed by atoms with Crippen LogP contribution in [0, 0.1) is 13.8 Å². The number of nitrogens with zero attached hydrogens (tertiary/aromatic N) is 6. The van der Waals surface area contributed by atoms with Gasteiger partial charge in [0.05, 0.1) is 5.69 Å². The Morgan fingerprint density at radius 1 is 1.29 bits per heavy atom. The quantitative estimate of drug-likeness (QED) is 0.789. The predicted molar refractivity (Wildman–Crippen MR) is 80.2 cm³/mol. The lowest BCUT2D eigenvalue weighted by atomic mass is 10.2. The normalized spacial score (nSPS) is 11.2. The highest BCUT2D eigenvalue weighted by Gasteiger charge is 2.12. The largest absolute Gasteiger partial charge is 0.365 e. The molecule has 3 rings (SSSR count). The summed E-state index contributed by atoms with van der Waals surface area (Å²) in [4.78, 5) is 8.58. The molecule has 0 radical (unpaired) electrons. The first-order chi connectivity index (χ1) is 10.1. The molecule has 0 unspecified atom stereocenters. The van der Waals surface area contributed by atoms with Crippen LogP contribution in [0.3, 0.4) is 0 Å². The Bertz CT molecular complexity index is 784. The second-order valence-corrected chi connectivity index (χ2v) is 5.12. The van der Waals surface area contributed by atoms with Crippen LogP contribution < -0.4 is 5.32 Å². The molecule has 7 nitrogen and oxygen atoms in total. The standard InChI is InChI=1S/C14H19N7/c1-5-12-11(7-20(4)19-12)6-15-13-9(2)10(3)18-14-16-8-17-21(13)14/h7-8,15H,5-6H2,1-4H3. The third-order valence-electron chi connectivity index (χ3n) is 3.68. The molecule has 0 aliphatic rings. The van der Waals surface area contributed by atoms with Gasteiger partial charge >= 0.3 is 0 Å². The summed E-state index contributed by atoms with van der Waals surface area (Å²) in [6, 6.07) is 0. The average Bonchev–Trinajstić information content (AvgIpc) is 3.05. The first-order valence-corrected chi connectivity index (χ1v) is 7.02.